The van der Waals surface area contributed by atoms with Crippen LogP contribution in [0.25, 0.3) is 0 Å². The summed E-state index contributed by atoms with van der Waals surface area (Å²) in [7, 11) is 0. The van der Waals surface area contributed by atoms with Crippen LogP contribution in [0.3, 0.4) is 0 Å². The monoisotopic (exact) mass is 284 g/mol. The maximum Gasteiger partial charge on any atom is 0.142 e. The molecule has 1 heterocycles. The number of aliphatic hydroxyl groups excluding tert-OH is 1. The number of aryl methyl sites for hydroxylation is 1. The average Bonchev–Trinajstić information content (AvgIpc) is 2.82. The van der Waals surface area contributed by atoms with Gasteiger partial charge in [0.1, 0.15) is 5.82 Å². The molecule has 2 aromatic rings. The van der Waals surface area contributed by atoms with Gasteiger partial charge >= 0.3 is 0 Å². The van der Waals surface area contributed by atoms with Crippen molar-refractivity contribution >= 4 is 22.9 Å². The second-order valence-electron chi connectivity index (χ2n) is 4.13. The number of hydrogen-bond donors (Lipinski definition) is 1. The predicted octanol–water partition coefficient (Wildman–Crippen LogP) is 4.38. The summed E-state index contributed by atoms with van der Waals surface area (Å²) < 4.78 is 13.3. The van der Waals surface area contributed by atoms with E-state index in [2.05, 4.69) is 6.92 Å². The summed E-state index contributed by atoms with van der Waals surface area (Å²) in [6.07, 6.45) is 0.779. The van der Waals surface area contributed by atoms with Gasteiger partial charge in [0, 0.05) is 16.2 Å². The summed E-state index contributed by atoms with van der Waals surface area (Å²) in [5, 5.41) is 10.2. The Labute approximate surface area is 115 Å². The fourth-order valence-electron chi connectivity index (χ4n) is 1.75. The van der Waals surface area contributed by atoms with E-state index in [-0.39, 0.29) is 5.02 Å². The number of rotatable bonds is 4. The minimum absolute atomic E-state index is 0.109. The number of hydrogen-bond acceptors (Lipinski definition) is 2. The zero-order valence-corrected chi connectivity index (χ0v) is 11.6. The number of benzene rings is 1. The predicted molar refractivity (Wildman–Crippen MR) is 73.8 cm³/mol. The second kappa shape index (κ2) is 5.83. The van der Waals surface area contributed by atoms with E-state index in [0.717, 1.165) is 16.9 Å². The van der Waals surface area contributed by atoms with Crippen molar-refractivity contribution in [2.45, 2.75) is 25.9 Å². The molecule has 0 bridgehead atoms. The van der Waals surface area contributed by atoms with Gasteiger partial charge in [-0.2, -0.15) is 0 Å². The Morgan fingerprint density at radius 1 is 1.33 bits per heavy atom. The first-order chi connectivity index (χ1) is 8.60. The van der Waals surface area contributed by atoms with Gasteiger partial charge in [0.15, 0.2) is 0 Å². The van der Waals surface area contributed by atoms with Gasteiger partial charge in [-0.1, -0.05) is 24.6 Å². The molecule has 1 aromatic carbocycles. The van der Waals surface area contributed by atoms with Crippen LogP contribution >= 0.6 is 22.9 Å². The first-order valence-corrected chi connectivity index (χ1v) is 7.00. The van der Waals surface area contributed by atoms with Crippen molar-refractivity contribution in [1.82, 2.24) is 0 Å². The molecule has 1 atom stereocenters. The Morgan fingerprint density at radius 2 is 2.11 bits per heavy atom. The largest absolute Gasteiger partial charge is 0.387 e. The lowest BCUT2D eigenvalue weighted by Gasteiger charge is -2.09. The van der Waals surface area contributed by atoms with E-state index in [1.54, 1.807) is 17.4 Å². The van der Waals surface area contributed by atoms with Crippen LogP contribution in [-0.2, 0) is 12.8 Å². The van der Waals surface area contributed by atoms with E-state index >= 15 is 0 Å². The third-order valence-electron chi connectivity index (χ3n) is 2.77. The summed E-state index contributed by atoms with van der Waals surface area (Å²) in [5.41, 5.74) is 0.746. The Balaban J connectivity index is 2.10. The molecular weight excluding hydrogens is 271 g/mol. The summed E-state index contributed by atoms with van der Waals surface area (Å²) in [6, 6.07) is 8.58. The maximum atomic E-state index is 13.3. The van der Waals surface area contributed by atoms with Gasteiger partial charge < -0.3 is 5.11 Å². The van der Waals surface area contributed by atoms with Gasteiger partial charge in [0.25, 0.3) is 0 Å². The van der Waals surface area contributed by atoms with Gasteiger partial charge in [-0.25, -0.2) is 4.39 Å². The SMILES string of the molecule is CCc1ccc(C(O)Cc2ccc(Cl)c(F)c2)s1. The molecule has 0 fully saturated rings. The van der Waals surface area contributed by atoms with Crippen LogP contribution in [0.2, 0.25) is 5.02 Å². The lowest BCUT2D eigenvalue weighted by molar-refractivity contribution is 0.182. The van der Waals surface area contributed by atoms with Gasteiger partial charge in [-0.05, 0) is 36.2 Å². The highest BCUT2D eigenvalue weighted by atomic mass is 35.5. The fourth-order valence-corrected chi connectivity index (χ4v) is 2.81. The quantitative estimate of drug-likeness (QED) is 0.883. The molecule has 96 valence electrons. The molecule has 0 saturated carbocycles. The summed E-state index contributed by atoms with van der Waals surface area (Å²) in [4.78, 5) is 2.16. The second-order valence-corrected chi connectivity index (χ2v) is 5.73. The molecule has 0 aliphatic rings. The minimum atomic E-state index is -0.587. The van der Waals surface area contributed by atoms with Crippen molar-refractivity contribution in [3.63, 3.8) is 0 Å². The van der Waals surface area contributed by atoms with E-state index in [1.165, 1.54) is 17.0 Å². The van der Waals surface area contributed by atoms with Crippen molar-refractivity contribution in [3.05, 3.63) is 56.5 Å². The van der Waals surface area contributed by atoms with Crippen LogP contribution in [0.4, 0.5) is 4.39 Å². The number of aliphatic hydroxyl groups is 1. The van der Waals surface area contributed by atoms with Crippen molar-refractivity contribution in [2.24, 2.45) is 0 Å². The molecule has 0 aliphatic carbocycles. The van der Waals surface area contributed by atoms with Crippen molar-refractivity contribution in [2.75, 3.05) is 0 Å². The molecule has 18 heavy (non-hydrogen) atoms. The first kappa shape index (κ1) is 13.5. The Hall–Kier alpha value is -0.900. The Bertz CT molecular complexity index is 538. The van der Waals surface area contributed by atoms with E-state index in [0.29, 0.717) is 6.42 Å². The highest BCUT2D eigenvalue weighted by Gasteiger charge is 2.12. The van der Waals surface area contributed by atoms with E-state index in [9.17, 15) is 9.50 Å². The number of halogens is 2. The molecule has 1 N–H and O–H groups in total. The van der Waals surface area contributed by atoms with Gasteiger partial charge in [-0.3, -0.25) is 0 Å². The molecule has 0 saturated heterocycles. The van der Waals surface area contributed by atoms with Crippen LogP contribution in [0, 0.1) is 5.82 Å². The van der Waals surface area contributed by atoms with Crippen molar-refractivity contribution < 1.29 is 9.50 Å². The Kier molecular flexibility index (Phi) is 4.38. The lowest BCUT2D eigenvalue weighted by atomic mass is 10.1. The fraction of sp³-hybridized carbons (Fsp3) is 0.286. The third kappa shape index (κ3) is 3.10. The smallest absolute Gasteiger partial charge is 0.142 e. The molecule has 0 aliphatic heterocycles. The molecule has 0 amide bonds. The molecule has 1 unspecified atom stereocenters. The zero-order valence-electron chi connectivity index (χ0n) is 9.99. The molecule has 2 rings (SSSR count). The van der Waals surface area contributed by atoms with Crippen LogP contribution < -0.4 is 0 Å². The van der Waals surface area contributed by atoms with Gasteiger partial charge in [-0.15, -0.1) is 11.3 Å². The normalized spacial score (nSPS) is 12.7. The van der Waals surface area contributed by atoms with E-state index < -0.39 is 11.9 Å². The molecule has 4 heteroatoms. The summed E-state index contributed by atoms with van der Waals surface area (Å²) in [6.45, 7) is 2.08. The van der Waals surface area contributed by atoms with Crippen LogP contribution in [0.1, 0.15) is 28.3 Å². The molecular formula is C14H14ClFOS. The van der Waals surface area contributed by atoms with Crippen molar-refractivity contribution in [1.29, 1.82) is 0 Å². The maximum absolute atomic E-state index is 13.3. The molecule has 0 radical (unpaired) electrons. The highest BCUT2D eigenvalue weighted by molar-refractivity contribution is 7.12. The van der Waals surface area contributed by atoms with Crippen LogP contribution in [-0.4, -0.2) is 5.11 Å². The van der Waals surface area contributed by atoms with E-state index in [4.69, 9.17) is 11.6 Å². The topological polar surface area (TPSA) is 20.2 Å². The first-order valence-electron chi connectivity index (χ1n) is 5.80. The third-order valence-corrected chi connectivity index (χ3v) is 4.41. The highest BCUT2D eigenvalue weighted by Crippen LogP contribution is 2.27. The van der Waals surface area contributed by atoms with Gasteiger partial charge in [0.05, 0.1) is 11.1 Å². The average molecular weight is 285 g/mol. The van der Waals surface area contributed by atoms with E-state index in [1.807, 2.05) is 12.1 Å². The van der Waals surface area contributed by atoms with Crippen molar-refractivity contribution in [3.8, 4) is 0 Å². The van der Waals surface area contributed by atoms with Gasteiger partial charge in [0.2, 0.25) is 0 Å². The Morgan fingerprint density at radius 3 is 2.72 bits per heavy atom. The minimum Gasteiger partial charge on any atom is -0.387 e. The number of thiophene rings is 1. The summed E-state index contributed by atoms with van der Waals surface area (Å²) in [5.74, 6) is -0.443. The molecule has 1 nitrogen and oxygen atoms in total. The standard InChI is InChI=1S/C14H14ClFOS/c1-2-10-4-6-14(18-10)13(17)8-9-3-5-11(15)12(16)7-9/h3-7,13,17H,2,8H2,1H3. The summed E-state index contributed by atoms with van der Waals surface area (Å²) >= 11 is 7.22. The molecule has 1 aromatic heterocycles. The lowest BCUT2D eigenvalue weighted by Crippen LogP contribution is -2.00. The zero-order chi connectivity index (χ0) is 13.1. The van der Waals surface area contributed by atoms with Crippen LogP contribution in [0.15, 0.2) is 30.3 Å². The van der Waals surface area contributed by atoms with Crippen LogP contribution in [0.5, 0.6) is 0 Å². The molecule has 0 spiro atoms.